The summed E-state index contributed by atoms with van der Waals surface area (Å²) < 4.78 is 30.5. The Kier molecular flexibility index (Phi) is 7.47. The second-order valence-electron chi connectivity index (χ2n) is 9.19. The third-order valence-electron chi connectivity index (χ3n) is 6.49. The molecule has 3 aliphatic rings. The van der Waals surface area contributed by atoms with Gasteiger partial charge in [0.2, 0.25) is 0 Å². The number of oxime groups is 1. The molecule has 2 saturated carbocycles. The summed E-state index contributed by atoms with van der Waals surface area (Å²) in [6.45, 7) is 3.97. The molecule has 1 aromatic heterocycles. The minimum Gasteiger partial charge on any atom is -0.392 e. The van der Waals surface area contributed by atoms with Gasteiger partial charge in [0.05, 0.1) is 23.4 Å². The number of nitrogens with one attached hydrogen (secondary N) is 1. The summed E-state index contributed by atoms with van der Waals surface area (Å²) in [5.41, 5.74) is 0.609. The summed E-state index contributed by atoms with van der Waals surface area (Å²) in [6.07, 6.45) is 7.17. The summed E-state index contributed by atoms with van der Waals surface area (Å²) in [5.74, 6) is -0.437. The number of carbonyl (C=O) groups excluding carboxylic acids is 1. The highest BCUT2D eigenvalue weighted by atomic mass is 32.2. The van der Waals surface area contributed by atoms with Crippen LogP contribution in [0.3, 0.4) is 0 Å². The van der Waals surface area contributed by atoms with Crippen molar-refractivity contribution in [3.05, 3.63) is 40.9 Å². The molecule has 2 aromatic rings. The molecule has 35 heavy (non-hydrogen) atoms. The lowest BCUT2D eigenvalue weighted by atomic mass is 10.1. The number of anilines is 1. The Morgan fingerprint density at radius 3 is 2.54 bits per heavy atom. The largest absolute Gasteiger partial charge is 0.392 e. The van der Waals surface area contributed by atoms with Gasteiger partial charge in [0.1, 0.15) is 6.10 Å². The zero-order valence-electron chi connectivity index (χ0n) is 19.5. The van der Waals surface area contributed by atoms with E-state index < -0.39 is 15.7 Å². The minimum atomic E-state index is -3.30. The van der Waals surface area contributed by atoms with Gasteiger partial charge in [-0.2, -0.15) is 0 Å². The number of sulfone groups is 1. The molecular weight excluding hydrogens is 488 g/mol. The smallest absolute Gasteiger partial charge is 0.280 e. The van der Waals surface area contributed by atoms with Crippen molar-refractivity contribution in [2.45, 2.75) is 61.3 Å². The number of aromatic nitrogens is 1. The van der Waals surface area contributed by atoms with Gasteiger partial charge in [0.15, 0.2) is 20.7 Å². The molecule has 11 heteroatoms. The van der Waals surface area contributed by atoms with Crippen LogP contribution in [0.1, 0.15) is 49.0 Å². The van der Waals surface area contributed by atoms with Gasteiger partial charge in [0.25, 0.3) is 5.91 Å². The Morgan fingerprint density at radius 2 is 1.86 bits per heavy atom. The van der Waals surface area contributed by atoms with Crippen LogP contribution in [0.5, 0.6) is 0 Å². The zero-order chi connectivity index (χ0) is 24.3. The second kappa shape index (κ2) is 10.7. The molecule has 0 radical (unpaired) electrons. The Hall–Kier alpha value is -2.34. The lowest BCUT2D eigenvalue weighted by Crippen LogP contribution is -2.35. The molecule has 0 bridgehead atoms. The van der Waals surface area contributed by atoms with Crippen LogP contribution in [-0.4, -0.2) is 67.6 Å². The molecule has 1 saturated heterocycles. The molecule has 1 N–H and O–H groups in total. The summed E-state index contributed by atoms with van der Waals surface area (Å²) in [5, 5.41) is 7.27. The van der Waals surface area contributed by atoms with E-state index in [1.807, 2.05) is 0 Å². The van der Waals surface area contributed by atoms with Gasteiger partial charge in [-0.1, -0.05) is 17.3 Å². The van der Waals surface area contributed by atoms with Gasteiger partial charge in [-0.3, -0.25) is 15.0 Å². The summed E-state index contributed by atoms with van der Waals surface area (Å²) >= 11 is 1.43. The maximum absolute atomic E-state index is 13.2. The molecular formula is C24H30N4O5S2. The fraction of sp³-hybridized carbons (Fsp3) is 0.542. The number of morpholine rings is 1. The van der Waals surface area contributed by atoms with E-state index in [9.17, 15) is 13.2 Å². The van der Waals surface area contributed by atoms with Crippen LogP contribution in [0, 0.1) is 0 Å². The molecule has 3 fully saturated rings. The maximum Gasteiger partial charge on any atom is 0.280 e. The first-order chi connectivity index (χ1) is 17.0. The third kappa shape index (κ3) is 6.08. The Labute approximate surface area is 209 Å². The standard InChI is InChI=1S/C24H30N4O5S2/c29-23(26-24-25-15-19(34-24)16-28-11-13-32-14-12-28)22(27-33-18-3-1-2-4-18)17-5-7-20(8-6-17)35(30,31)21-9-10-21/h5-8,15,18,21H,1-4,9-14,16H2,(H,25,26,29). The number of hydrogen-bond acceptors (Lipinski definition) is 9. The van der Waals surface area contributed by atoms with Crippen molar-refractivity contribution >= 4 is 37.9 Å². The fourth-order valence-electron chi connectivity index (χ4n) is 4.29. The normalized spacial score (nSPS) is 20.2. The topological polar surface area (TPSA) is 110 Å². The molecule has 2 heterocycles. The van der Waals surface area contributed by atoms with Crippen LogP contribution in [0.4, 0.5) is 5.13 Å². The maximum atomic E-state index is 13.2. The molecule has 1 aromatic carbocycles. The van der Waals surface area contributed by atoms with Crippen molar-refractivity contribution in [1.29, 1.82) is 0 Å². The summed E-state index contributed by atoms with van der Waals surface area (Å²) in [6, 6.07) is 6.34. The van der Waals surface area contributed by atoms with Crippen LogP contribution in [0.15, 0.2) is 40.5 Å². The molecule has 1 aliphatic heterocycles. The lowest BCUT2D eigenvalue weighted by Gasteiger charge is -2.25. The highest BCUT2D eigenvalue weighted by Gasteiger charge is 2.36. The highest BCUT2D eigenvalue weighted by molar-refractivity contribution is 7.92. The van der Waals surface area contributed by atoms with Gasteiger partial charge < -0.3 is 9.57 Å². The van der Waals surface area contributed by atoms with Crippen molar-refractivity contribution < 1.29 is 22.8 Å². The minimum absolute atomic E-state index is 0.00712. The number of benzene rings is 1. The number of hydrogen-bond donors (Lipinski definition) is 1. The average molecular weight is 519 g/mol. The second-order valence-corrected chi connectivity index (χ2v) is 12.5. The number of nitrogens with zero attached hydrogens (tertiary/aromatic N) is 3. The van der Waals surface area contributed by atoms with Crippen LogP contribution in [-0.2, 0) is 30.8 Å². The van der Waals surface area contributed by atoms with Crippen molar-refractivity contribution in [1.82, 2.24) is 9.88 Å². The lowest BCUT2D eigenvalue weighted by molar-refractivity contribution is -0.110. The van der Waals surface area contributed by atoms with Crippen molar-refractivity contribution in [3.8, 4) is 0 Å². The monoisotopic (exact) mass is 518 g/mol. The average Bonchev–Trinajstić information content (AvgIpc) is 3.45. The number of thiazole rings is 1. The van der Waals surface area contributed by atoms with Gasteiger partial charge in [-0.15, -0.1) is 11.3 Å². The van der Waals surface area contributed by atoms with Gasteiger partial charge in [-0.05, 0) is 50.7 Å². The molecule has 0 unspecified atom stereocenters. The fourth-order valence-corrected chi connectivity index (χ4v) is 6.80. The highest BCUT2D eigenvalue weighted by Crippen LogP contribution is 2.33. The van der Waals surface area contributed by atoms with Crippen molar-refractivity contribution in [3.63, 3.8) is 0 Å². The van der Waals surface area contributed by atoms with E-state index in [-0.39, 0.29) is 22.0 Å². The molecule has 1 amide bonds. The van der Waals surface area contributed by atoms with Crippen LogP contribution in [0.25, 0.3) is 0 Å². The SMILES string of the molecule is O=C(Nc1ncc(CN2CCOCC2)s1)C(=NOC1CCCC1)c1ccc(S(=O)(=O)C2CC2)cc1. The number of carbonyl (C=O) groups is 1. The van der Waals surface area contributed by atoms with E-state index in [1.54, 1.807) is 30.5 Å². The molecule has 188 valence electrons. The third-order valence-corrected chi connectivity index (χ3v) is 9.66. The van der Waals surface area contributed by atoms with Gasteiger partial charge in [0, 0.05) is 36.3 Å². The van der Waals surface area contributed by atoms with Crippen molar-refractivity contribution in [2.24, 2.45) is 5.16 Å². The van der Waals surface area contributed by atoms with E-state index >= 15 is 0 Å². The van der Waals surface area contributed by atoms with Crippen LogP contribution < -0.4 is 5.32 Å². The number of amides is 1. The van der Waals surface area contributed by atoms with Crippen LogP contribution in [0.2, 0.25) is 0 Å². The molecule has 0 atom stereocenters. The number of ether oxygens (including phenoxy) is 1. The summed E-state index contributed by atoms with van der Waals surface area (Å²) in [7, 11) is -3.30. The predicted octanol–water partition coefficient (Wildman–Crippen LogP) is 3.21. The predicted molar refractivity (Wildman–Crippen MR) is 133 cm³/mol. The van der Waals surface area contributed by atoms with Crippen molar-refractivity contribution in [2.75, 3.05) is 31.6 Å². The Bertz CT molecular complexity index is 1160. The Balaban J connectivity index is 1.31. The van der Waals surface area contributed by atoms with Gasteiger partial charge in [-0.25, -0.2) is 13.4 Å². The van der Waals surface area contributed by atoms with E-state index in [2.05, 4.69) is 20.4 Å². The first-order valence-electron chi connectivity index (χ1n) is 12.1. The first-order valence-corrected chi connectivity index (χ1v) is 14.5. The Morgan fingerprint density at radius 1 is 1.14 bits per heavy atom. The molecule has 9 nitrogen and oxygen atoms in total. The van der Waals surface area contributed by atoms with E-state index in [0.717, 1.165) is 63.4 Å². The van der Waals surface area contributed by atoms with E-state index in [4.69, 9.17) is 9.57 Å². The van der Waals surface area contributed by atoms with Gasteiger partial charge >= 0.3 is 0 Å². The van der Waals surface area contributed by atoms with E-state index in [1.165, 1.54) is 11.3 Å². The summed E-state index contributed by atoms with van der Waals surface area (Å²) in [4.78, 5) is 26.9. The quantitative estimate of drug-likeness (QED) is 0.401. The number of rotatable bonds is 9. The molecule has 0 spiro atoms. The zero-order valence-corrected chi connectivity index (χ0v) is 21.2. The first kappa shape index (κ1) is 24.4. The molecule has 5 rings (SSSR count). The molecule has 2 aliphatic carbocycles. The van der Waals surface area contributed by atoms with E-state index in [0.29, 0.717) is 23.5 Å². The van der Waals surface area contributed by atoms with Crippen LogP contribution >= 0.6 is 11.3 Å².